The van der Waals surface area contributed by atoms with Gasteiger partial charge < -0.3 is 10.1 Å². The molecule has 0 heterocycles. The smallest absolute Gasteiger partial charge is 0.244 e. The number of amides is 1. The molecule has 0 unspecified atom stereocenters. The van der Waals surface area contributed by atoms with E-state index in [1.807, 2.05) is 19.9 Å². The minimum Gasteiger partial charge on any atom is -0.492 e. The molecule has 0 aromatic heterocycles. The average Bonchev–Trinajstić information content (AvgIpc) is 2.67. The van der Waals surface area contributed by atoms with Gasteiger partial charge in [0.25, 0.3) is 0 Å². The molecule has 0 aliphatic carbocycles. The number of nitrogens with zero attached hydrogens (tertiary/aromatic N) is 1. The summed E-state index contributed by atoms with van der Waals surface area (Å²) in [6, 6.07) is 9.36. The Morgan fingerprint density at radius 2 is 1.70 bits per heavy atom. The van der Waals surface area contributed by atoms with Gasteiger partial charge in [-0.3, -0.25) is 9.10 Å². The molecule has 164 valence electrons. The predicted octanol–water partition coefficient (Wildman–Crippen LogP) is 4.35. The Labute approximate surface area is 188 Å². The second-order valence-corrected chi connectivity index (χ2v) is 9.64. The zero-order valence-corrected chi connectivity index (χ0v) is 19.7. The van der Waals surface area contributed by atoms with Gasteiger partial charge in [-0.15, -0.1) is 0 Å². The van der Waals surface area contributed by atoms with Crippen LogP contribution in [0.1, 0.15) is 24.5 Å². The summed E-state index contributed by atoms with van der Waals surface area (Å²) in [5.74, 6) is 0.184. The molecule has 1 atom stereocenters. The van der Waals surface area contributed by atoms with Gasteiger partial charge in [0.05, 0.1) is 18.5 Å². The van der Waals surface area contributed by atoms with Crippen LogP contribution < -0.4 is 14.4 Å². The van der Waals surface area contributed by atoms with Gasteiger partial charge in [0, 0.05) is 10.0 Å². The summed E-state index contributed by atoms with van der Waals surface area (Å²) in [5.41, 5.74) is 2.11. The van der Waals surface area contributed by atoms with E-state index in [4.69, 9.17) is 27.9 Å². The lowest BCUT2D eigenvalue weighted by molar-refractivity contribution is -0.122. The van der Waals surface area contributed by atoms with E-state index in [0.717, 1.165) is 21.7 Å². The van der Waals surface area contributed by atoms with Crippen molar-refractivity contribution in [1.29, 1.82) is 0 Å². The van der Waals surface area contributed by atoms with Gasteiger partial charge in [-0.05, 0) is 55.7 Å². The van der Waals surface area contributed by atoms with Gasteiger partial charge in [0.1, 0.15) is 18.4 Å². The highest BCUT2D eigenvalue weighted by Gasteiger charge is 2.31. The van der Waals surface area contributed by atoms with E-state index < -0.39 is 22.0 Å². The summed E-state index contributed by atoms with van der Waals surface area (Å²) in [6.07, 6.45) is 1.36. The van der Waals surface area contributed by atoms with Crippen LogP contribution in [0, 0.1) is 13.8 Å². The zero-order chi connectivity index (χ0) is 22.5. The highest BCUT2D eigenvalue weighted by atomic mass is 35.5. The second-order valence-electron chi connectivity index (χ2n) is 6.97. The van der Waals surface area contributed by atoms with Crippen molar-refractivity contribution in [3.8, 4) is 5.75 Å². The third kappa shape index (κ3) is 6.27. The molecule has 2 aromatic rings. The minimum absolute atomic E-state index is 0.215. The molecule has 0 spiro atoms. The molecular formula is C21H26Cl2N2O4S. The average molecular weight is 473 g/mol. The van der Waals surface area contributed by atoms with Crippen LogP contribution in [0.2, 0.25) is 10.0 Å². The van der Waals surface area contributed by atoms with E-state index in [0.29, 0.717) is 27.9 Å². The molecule has 0 radical (unpaired) electrons. The van der Waals surface area contributed by atoms with Crippen molar-refractivity contribution < 1.29 is 17.9 Å². The number of nitrogens with one attached hydrogen (secondary N) is 1. The van der Waals surface area contributed by atoms with Crippen molar-refractivity contribution in [1.82, 2.24) is 5.32 Å². The molecule has 0 saturated heterocycles. The van der Waals surface area contributed by atoms with Crippen molar-refractivity contribution in [2.75, 3.05) is 23.7 Å². The zero-order valence-electron chi connectivity index (χ0n) is 17.4. The Morgan fingerprint density at radius 3 is 2.23 bits per heavy atom. The fraction of sp³-hybridized carbons (Fsp3) is 0.381. The molecule has 0 saturated carbocycles. The fourth-order valence-corrected chi connectivity index (χ4v) is 4.45. The van der Waals surface area contributed by atoms with E-state index in [1.165, 1.54) is 0 Å². The minimum atomic E-state index is -3.72. The number of carbonyl (C=O) groups excluding carboxylic acids is 1. The van der Waals surface area contributed by atoms with Gasteiger partial charge in [-0.2, -0.15) is 0 Å². The number of aryl methyl sites for hydroxylation is 2. The van der Waals surface area contributed by atoms with Crippen molar-refractivity contribution in [2.45, 2.75) is 33.2 Å². The lowest BCUT2D eigenvalue weighted by Crippen LogP contribution is -2.50. The van der Waals surface area contributed by atoms with Gasteiger partial charge in [-0.1, -0.05) is 42.3 Å². The number of halogens is 2. The number of benzene rings is 2. The quantitative estimate of drug-likeness (QED) is 0.550. The summed E-state index contributed by atoms with van der Waals surface area (Å²) in [5, 5.41) is 3.77. The number of hydrogen-bond donors (Lipinski definition) is 1. The Morgan fingerprint density at radius 1 is 1.10 bits per heavy atom. The van der Waals surface area contributed by atoms with E-state index in [-0.39, 0.29) is 13.2 Å². The van der Waals surface area contributed by atoms with Gasteiger partial charge >= 0.3 is 0 Å². The molecule has 1 amide bonds. The Kier molecular flexibility index (Phi) is 8.41. The van der Waals surface area contributed by atoms with E-state index in [2.05, 4.69) is 5.32 Å². The summed E-state index contributed by atoms with van der Waals surface area (Å²) >= 11 is 12.2. The van der Waals surface area contributed by atoms with Crippen LogP contribution in [0.3, 0.4) is 0 Å². The third-order valence-corrected chi connectivity index (χ3v) is 6.55. The van der Waals surface area contributed by atoms with Crippen molar-refractivity contribution in [3.63, 3.8) is 0 Å². The third-order valence-electron chi connectivity index (χ3n) is 4.55. The number of ether oxygens (including phenoxy) is 1. The molecule has 9 heteroatoms. The van der Waals surface area contributed by atoms with E-state index in [9.17, 15) is 13.2 Å². The largest absolute Gasteiger partial charge is 0.492 e. The molecule has 2 aromatic carbocycles. The second kappa shape index (κ2) is 10.4. The van der Waals surface area contributed by atoms with Gasteiger partial charge in [-0.25, -0.2) is 8.42 Å². The van der Waals surface area contributed by atoms with Crippen LogP contribution in [0.15, 0.2) is 36.4 Å². The number of sulfonamides is 1. The lowest BCUT2D eigenvalue weighted by Gasteiger charge is -2.30. The monoisotopic (exact) mass is 472 g/mol. The number of hydrogen-bond acceptors (Lipinski definition) is 4. The van der Waals surface area contributed by atoms with Crippen LogP contribution in [0.25, 0.3) is 0 Å². The maximum Gasteiger partial charge on any atom is 0.244 e. The Hall–Kier alpha value is -1.96. The highest BCUT2D eigenvalue weighted by Crippen LogP contribution is 2.27. The first kappa shape index (κ1) is 24.3. The first-order valence-corrected chi connectivity index (χ1v) is 12.1. The van der Waals surface area contributed by atoms with Crippen LogP contribution in [0.4, 0.5) is 5.69 Å². The molecular weight excluding hydrogens is 447 g/mol. The summed E-state index contributed by atoms with van der Waals surface area (Å²) in [7, 11) is -3.72. The van der Waals surface area contributed by atoms with Crippen LogP contribution >= 0.6 is 23.2 Å². The SMILES string of the molecule is CC[C@@H](C(=O)NCCOc1ccc(C)c(Cl)c1)N(c1ccc(C)c(Cl)c1)S(C)(=O)=O. The topological polar surface area (TPSA) is 75.7 Å². The molecule has 0 aliphatic rings. The molecule has 1 N–H and O–H groups in total. The molecule has 30 heavy (non-hydrogen) atoms. The predicted molar refractivity (Wildman–Crippen MR) is 122 cm³/mol. The molecule has 0 bridgehead atoms. The Bertz CT molecular complexity index is 1010. The molecule has 0 fully saturated rings. The lowest BCUT2D eigenvalue weighted by atomic mass is 10.1. The summed E-state index contributed by atoms with van der Waals surface area (Å²) in [4.78, 5) is 12.8. The van der Waals surface area contributed by atoms with Crippen LogP contribution in [-0.4, -0.2) is 39.8 Å². The molecule has 2 rings (SSSR count). The van der Waals surface area contributed by atoms with E-state index in [1.54, 1.807) is 37.3 Å². The van der Waals surface area contributed by atoms with Crippen molar-refractivity contribution >= 4 is 44.8 Å². The summed E-state index contributed by atoms with van der Waals surface area (Å²) in [6.45, 7) is 5.90. The standard InChI is InChI=1S/C21H26Cl2N2O4S/c1-5-20(25(30(4,27)28)16-8-6-14(2)18(22)12-16)21(26)24-10-11-29-17-9-7-15(3)19(23)13-17/h6-9,12-13,20H,5,10-11H2,1-4H3,(H,24,26)/t20-/m0/s1. The normalized spacial score (nSPS) is 12.3. The highest BCUT2D eigenvalue weighted by molar-refractivity contribution is 7.92. The maximum absolute atomic E-state index is 12.8. The first-order chi connectivity index (χ1) is 14.0. The van der Waals surface area contributed by atoms with Gasteiger partial charge in [0.15, 0.2) is 0 Å². The molecule has 6 nitrogen and oxygen atoms in total. The number of anilines is 1. The molecule has 0 aliphatic heterocycles. The Balaban J connectivity index is 2.07. The number of rotatable bonds is 9. The van der Waals surface area contributed by atoms with Crippen LogP contribution in [-0.2, 0) is 14.8 Å². The fourth-order valence-electron chi connectivity index (χ4n) is 2.90. The van der Waals surface area contributed by atoms with Crippen LogP contribution in [0.5, 0.6) is 5.75 Å². The first-order valence-electron chi connectivity index (χ1n) is 9.46. The number of carbonyl (C=O) groups is 1. The van der Waals surface area contributed by atoms with Gasteiger partial charge in [0.2, 0.25) is 15.9 Å². The maximum atomic E-state index is 12.8. The van der Waals surface area contributed by atoms with E-state index >= 15 is 0 Å². The van der Waals surface area contributed by atoms with Crippen molar-refractivity contribution in [2.24, 2.45) is 0 Å². The summed E-state index contributed by atoms with van der Waals surface area (Å²) < 4.78 is 31.6. The van der Waals surface area contributed by atoms with Crippen molar-refractivity contribution in [3.05, 3.63) is 57.6 Å².